The zero-order chi connectivity index (χ0) is 18.4. The molecule has 0 spiro atoms. The topological polar surface area (TPSA) is 49.4 Å². The lowest BCUT2D eigenvalue weighted by Crippen LogP contribution is -2.39. The number of carbonyl (C=O) groups excluding carboxylic acids is 2. The number of hydrogen-bond donors (Lipinski definition) is 1. The van der Waals surface area contributed by atoms with Crippen molar-refractivity contribution in [3.8, 4) is 0 Å². The van der Waals surface area contributed by atoms with Gasteiger partial charge >= 0.3 is 0 Å². The number of rotatable bonds is 5. The summed E-state index contributed by atoms with van der Waals surface area (Å²) in [4.78, 5) is 26.3. The molecule has 2 rings (SSSR count). The second-order valence-corrected chi connectivity index (χ2v) is 8.09. The van der Waals surface area contributed by atoms with Crippen LogP contribution in [0.25, 0.3) is 0 Å². The normalized spacial score (nSPS) is 15.7. The summed E-state index contributed by atoms with van der Waals surface area (Å²) >= 11 is 0. The van der Waals surface area contributed by atoms with Gasteiger partial charge < -0.3 is 10.2 Å². The Morgan fingerprint density at radius 2 is 1.76 bits per heavy atom. The van der Waals surface area contributed by atoms with E-state index in [2.05, 4.69) is 32.2 Å². The highest BCUT2D eigenvalue weighted by Crippen LogP contribution is 2.32. The maximum absolute atomic E-state index is 12.3. The van der Waals surface area contributed by atoms with E-state index in [4.69, 9.17) is 0 Å². The molecule has 1 fully saturated rings. The van der Waals surface area contributed by atoms with Gasteiger partial charge in [0, 0.05) is 31.6 Å². The Morgan fingerprint density at radius 1 is 1.12 bits per heavy atom. The summed E-state index contributed by atoms with van der Waals surface area (Å²) in [6.07, 6.45) is 6.17. The Labute approximate surface area is 152 Å². The quantitative estimate of drug-likeness (QED) is 0.871. The predicted molar refractivity (Wildman–Crippen MR) is 103 cm³/mol. The van der Waals surface area contributed by atoms with Gasteiger partial charge in [0.15, 0.2) is 0 Å². The molecule has 0 aromatic heterocycles. The second kappa shape index (κ2) is 8.50. The molecule has 0 unspecified atom stereocenters. The smallest absolute Gasteiger partial charge is 0.223 e. The van der Waals surface area contributed by atoms with Crippen LogP contribution in [0.3, 0.4) is 0 Å². The van der Waals surface area contributed by atoms with E-state index >= 15 is 0 Å². The molecule has 0 saturated heterocycles. The van der Waals surface area contributed by atoms with Crippen LogP contribution in [0.15, 0.2) is 24.3 Å². The third-order valence-corrected chi connectivity index (χ3v) is 4.92. The second-order valence-electron chi connectivity index (χ2n) is 8.09. The van der Waals surface area contributed by atoms with E-state index in [1.165, 1.54) is 19.3 Å². The van der Waals surface area contributed by atoms with Crippen LogP contribution in [-0.2, 0) is 15.0 Å². The molecule has 0 aliphatic heterocycles. The van der Waals surface area contributed by atoms with Crippen LogP contribution in [0.4, 0.5) is 5.69 Å². The van der Waals surface area contributed by atoms with Crippen molar-refractivity contribution in [1.82, 2.24) is 5.32 Å². The van der Waals surface area contributed by atoms with Crippen LogP contribution in [0.1, 0.15) is 71.8 Å². The van der Waals surface area contributed by atoms with E-state index in [1.54, 1.807) is 11.8 Å². The van der Waals surface area contributed by atoms with Crippen molar-refractivity contribution in [3.63, 3.8) is 0 Å². The lowest BCUT2D eigenvalue weighted by atomic mass is 9.85. The van der Waals surface area contributed by atoms with E-state index in [0.717, 1.165) is 24.1 Å². The fourth-order valence-corrected chi connectivity index (χ4v) is 3.55. The number of anilines is 1. The zero-order valence-corrected chi connectivity index (χ0v) is 16.1. The van der Waals surface area contributed by atoms with E-state index in [1.807, 2.05) is 18.2 Å². The van der Waals surface area contributed by atoms with Crippen LogP contribution in [-0.4, -0.2) is 24.4 Å². The summed E-state index contributed by atoms with van der Waals surface area (Å²) < 4.78 is 0. The van der Waals surface area contributed by atoms with E-state index < -0.39 is 0 Å². The van der Waals surface area contributed by atoms with Gasteiger partial charge in [-0.15, -0.1) is 0 Å². The highest BCUT2D eigenvalue weighted by Gasteiger charge is 2.23. The Morgan fingerprint density at radius 3 is 2.36 bits per heavy atom. The van der Waals surface area contributed by atoms with Crippen LogP contribution in [0.5, 0.6) is 0 Å². The molecule has 0 atom stereocenters. The fraction of sp³-hybridized carbons (Fsp3) is 0.619. The van der Waals surface area contributed by atoms with Crippen molar-refractivity contribution in [1.29, 1.82) is 0 Å². The molecule has 0 radical (unpaired) electrons. The third-order valence-electron chi connectivity index (χ3n) is 4.92. The molecule has 4 nitrogen and oxygen atoms in total. The molecular weight excluding hydrogens is 312 g/mol. The van der Waals surface area contributed by atoms with Crippen molar-refractivity contribution in [2.24, 2.45) is 0 Å². The van der Waals surface area contributed by atoms with Gasteiger partial charge in [0.1, 0.15) is 0 Å². The first-order valence-corrected chi connectivity index (χ1v) is 9.46. The van der Waals surface area contributed by atoms with Gasteiger partial charge in [0.2, 0.25) is 11.8 Å². The van der Waals surface area contributed by atoms with E-state index in [9.17, 15) is 9.59 Å². The van der Waals surface area contributed by atoms with Gasteiger partial charge in [-0.05, 0) is 29.9 Å². The first kappa shape index (κ1) is 19.5. The number of benzene rings is 1. The lowest BCUT2D eigenvalue weighted by Gasteiger charge is -2.30. The summed E-state index contributed by atoms with van der Waals surface area (Å²) in [6.45, 7) is 8.40. The number of nitrogens with zero attached hydrogens (tertiary/aromatic N) is 1. The minimum Gasteiger partial charge on any atom is -0.353 e. The molecule has 138 valence electrons. The first-order valence-electron chi connectivity index (χ1n) is 9.46. The molecule has 0 bridgehead atoms. The van der Waals surface area contributed by atoms with Crippen LogP contribution in [0.2, 0.25) is 0 Å². The number of nitrogens with one attached hydrogen (secondary N) is 1. The van der Waals surface area contributed by atoms with Gasteiger partial charge in [-0.3, -0.25) is 9.59 Å². The van der Waals surface area contributed by atoms with Crippen molar-refractivity contribution >= 4 is 17.5 Å². The highest BCUT2D eigenvalue weighted by molar-refractivity contribution is 5.93. The van der Waals surface area contributed by atoms with Crippen molar-refractivity contribution < 1.29 is 9.59 Å². The summed E-state index contributed by atoms with van der Waals surface area (Å²) in [5.41, 5.74) is 1.97. The molecule has 1 aliphatic rings. The van der Waals surface area contributed by atoms with E-state index in [-0.39, 0.29) is 17.2 Å². The first-order chi connectivity index (χ1) is 11.8. The van der Waals surface area contributed by atoms with Gasteiger partial charge in [-0.2, -0.15) is 0 Å². The standard InChI is InChI=1S/C21H32N2O2/c1-16(24)23(19-13-9-8-12-18(19)21(2,3)4)15-14-20(25)22-17-10-6-5-7-11-17/h8-9,12-13,17H,5-7,10-11,14-15H2,1-4H3,(H,22,25). The minimum atomic E-state index is -0.0609. The van der Waals surface area contributed by atoms with Gasteiger partial charge in [0.25, 0.3) is 0 Å². The van der Waals surface area contributed by atoms with E-state index in [0.29, 0.717) is 19.0 Å². The fourth-order valence-electron chi connectivity index (χ4n) is 3.55. The maximum Gasteiger partial charge on any atom is 0.223 e. The van der Waals surface area contributed by atoms with Crippen LogP contribution >= 0.6 is 0 Å². The third kappa shape index (κ3) is 5.58. The van der Waals surface area contributed by atoms with Crippen LogP contribution < -0.4 is 10.2 Å². The molecule has 1 aromatic carbocycles. The minimum absolute atomic E-state index is 0.0258. The highest BCUT2D eigenvalue weighted by atomic mass is 16.2. The Hall–Kier alpha value is -1.84. The average molecular weight is 344 g/mol. The number of para-hydroxylation sites is 1. The van der Waals surface area contributed by atoms with Crippen molar-refractivity contribution in [2.75, 3.05) is 11.4 Å². The van der Waals surface area contributed by atoms with Crippen molar-refractivity contribution in [3.05, 3.63) is 29.8 Å². The molecule has 4 heteroatoms. The number of hydrogen-bond acceptors (Lipinski definition) is 2. The summed E-state index contributed by atoms with van der Waals surface area (Å²) in [5.74, 6) is 0.0218. The van der Waals surface area contributed by atoms with Gasteiger partial charge in [-0.25, -0.2) is 0 Å². The van der Waals surface area contributed by atoms with Gasteiger partial charge in [0.05, 0.1) is 0 Å². The monoisotopic (exact) mass is 344 g/mol. The Balaban J connectivity index is 2.04. The lowest BCUT2D eigenvalue weighted by molar-refractivity contribution is -0.121. The molecule has 0 heterocycles. The summed E-state index contributed by atoms with van der Waals surface area (Å²) in [6, 6.07) is 8.30. The zero-order valence-electron chi connectivity index (χ0n) is 16.1. The number of carbonyl (C=O) groups is 2. The maximum atomic E-state index is 12.3. The Kier molecular flexibility index (Phi) is 6.63. The van der Waals surface area contributed by atoms with Gasteiger partial charge in [-0.1, -0.05) is 58.2 Å². The molecule has 1 N–H and O–H groups in total. The molecule has 1 saturated carbocycles. The van der Waals surface area contributed by atoms with Crippen LogP contribution in [0, 0.1) is 0 Å². The van der Waals surface area contributed by atoms with Crippen molar-refractivity contribution in [2.45, 2.75) is 77.7 Å². The molecular formula is C21H32N2O2. The molecule has 25 heavy (non-hydrogen) atoms. The molecule has 2 amide bonds. The predicted octanol–water partition coefficient (Wildman–Crippen LogP) is 4.18. The summed E-state index contributed by atoms with van der Waals surface area (Å²) in [5, 5.41) is 3.13. The Bertz CT molecular complexity index is 598. The molecule has 1 aliphatic carbocycles. The number of amides is 2. The summed E-state index contributed by atoms with van der Waals surface area (Å²) in [7, 11) is 0. The molecule has 1 aromatic rings. The SMILES string of the molecule is CC(=O)N(CCC(=O)NC1CCCCC1)c1ccccc1C(C)(C)C. The largest absolute Gasteiger partial charge is 0.353 e. The average Bonchev–Trinajstić information content (AvgIpc) is 2.55.